The molecule has 1 fully saturated rings. The van der Waals surface area contributed by atoms with Crippen LogP contribution in [-0.4, -0.2) is 70.4 Å². The number of H-pyrrole nitrogens is 1. The number of pyridine rings is 1. The number of hydrogen-bond donors (Lipinski definition) is 1. The first-order valence-electron chi connectivity index (χ1n) is 12.5. The van der Waals surface area contributed by atoms with Gasteiger partial charge in [0.15, 0.2) is 0 Å². The van der Waals surface area contributed by atoms with Crippen molar-refractivity contribution in [2.45, 2.75) is 57.5 Å². The number of aromatic nitrogens is 2. The van der Waals surface area contributed by atoms with Crippen LogP contribution < -0.4 is 4.74 Å². The van der Waals surface area contributed by atoms with Crippen molar-refractivity contribution in [2.24, 2.45) is 0 Å². The van der Waals surface area contributed by atoms with E-state index in [0.29, 0.717) is 38.2 Å². The molecule has 0 aliphatic carbocycles. The topological polar surface area (TPSA) is 44.4 Å². The minimum atomic E-state index is -1.57. The fourth-order valence-corrected chi connectivity index (χ4v) is 5.50. The van der Waals surface area contributed by atoms with Gasteiger partial charge in [0.2, 0.25) is 0 Å². The summed E-state index contributed by atoms with van der Waals surface area (Å²) in [6.45, 7) is 6.35. The minimum absolute atomic E-state index is 0.00892. The second-order valence-corrected chi connectivity index (χ2v) is 10.6. The highest BCUT2D eigenvalue weighted by Gasteiger charge is 2.41. The monoisotopic (exact) mass is 504 g/mol. The van der Waals surface area contributed by atoms with E-state index in [-0.39, 0.29) is 36.7 Å². The number of ether oxygens (including phenoxy) is 1. The van der Waals surface area contributed by atoms with Crippen molar-refractivity contribution >= 4 is 11.0 Å². The Kier molecular flexibility index (Phi) is 6.72. The largest absolute Gasteiger partial charge is 0.488 e. The van der Waals surface area contributed by atoms with Crippen LogP contribution in [0.2, 0.25) is 0 Å². The zero-order valence-electron chi connectivity index (χ0n) is 20.8. The van der Waals surface area contributed by atoms with E-state index in [4.69, 9.17) is 4.74 Å². The van der Waals surface area contributed by atoms with Crippen LogP contribution in [0.4, 0.5) is 17.6 Å². The molecule has 1 aromatic carbocycles. The molecule has 0 saturated carbocycles. The van der Waals surface area contributed by atoms with Crippen molar-refractivity contribution in [2.75, 3.05) is 32.9 Å². The zero-order chi connectivity index (χ0) is 25.6. The van der Waals surface area contributed by atoms with Gasteiger partial charge in [-0.3, -0.25) is 19.2 Å². The molecular formula is C27H32F4N4O. The summed E-state index contributed by atoms with van der Waals surface area (Å²) in [5.41, 5.74) is 1.39. The molecule has 2 aliphatic rings. The maximum absolute atomic E-state index is 15.7. The number of fused-ring (bicyclic) bond motifs is 3. The average Bonchev–Trinajstić information content (AvgIpc) is 3.14. The van der Waals surface area contributed by atoms with Crippen molar-refractivity contribution in [1.29, 1.82) is 0 Å². The van der Waals surface area contributed by atoms with Gasteiger partial charge >= 0.3 is 0 Å². The lowest BCUT2D eigenvalue weighted by Gasteiger charge is -2.43. The molecule has 0 bridgehead atoms. The molecule has 0 unspecified atom stereocenters. The molecule has 5 rings (SSSR count). The number of rotatable bonds is 8. The van der Waals surface area contributed by atoms with Crippen molar-refractivity contribution in [3.63, 3.8) is 0 Å². The first kappa shape index (κ1) is 25.0. The van der Waals surface area contributed by atoms with E-state index in [0.717, 1.165) is 16.6 Å². The summed E-state index contributed by atoms with van der Waals surface area (Å²) in [6, 6.07) is 5.09. The molecule has 1 N–H and O–H groups in total. The van der Waals surface area contributed by atoms with Crippen LogP contribution in [0.25, 0.3) is 11.0 Å². The van der Waals surface area contributed by atoms with E-state index >= 15 is 8.78 Å². The van der Waals surface area contributed by atoms with Crippen LogP contribution in [0, 0.1) is 11.6 Å². The smallest absolute Gasteiger partial charge is 0.135 e. The highest BCUT2D eigenvalue weighted by Crippen LogP contribution is 2.43. The van der Waals surface area contributed by atoms with Gasteiger partial charge in [-0.2, -0.15) is 0 Å². The summed E-state index contributed by atoms with van der Waals surface area (Å²) in [7, 11) is 0. The van der Waals surface area contributed by atoms with Gasteiger partial charge in [-0.05, 0) is 45.7 Å². The van der Waals surface area contributed by atoms with Gasteiger partial charge in [-0.25, -0.2) is 13.2 Å². The normalized spacial score (nSPS) is 21.5. The quantitative estimate of drug-likeness (QED) is 0.420. The average molecular weight is 505 g/mol. The van der Waals surface area contributed by atoms with E-state index < -0.39 is 23.3 Å². The number of nitrogens with zero attached hydrogens (tertiary/aromatic N) is 3. The van der Waals surface area contributed by atoms with Gasteiger partial charge in [-0.1, -0.05) is 0 Å². The molecular weight excluding hydrogens is 472 g/mol. The zero-order valence-corrected chi connectivity index (χ0v) is 20.8. The van der Waals surface area contributed by atoms with Crippen molar-refractivity contribution in [1.82, 2.24) is 19.8 Å². The molecule has 1 saturated heterocycles. The lowest BCUT2D eigenvalue weighted by Crippen LogP contribution is -2.53. The number of halogens is 4. The summed E-state index contributed by atoms with van der Waals surface area (Å²) >= 11 is 0. The Morgan fingerprint density at radius 2 is 1.92 bits per heavy atom. The van der Waals surface area contributed by atoms with Crippen LogP contribution in [0.1, 0.15) is 50.1 Å². The number of likely N-dealkylation sites (tertiary alicyclic amines) is 1. The molecule has 0 amide bonds. The van der Waals surface area contributed by atoms with E-state index in [1.807, 2.05) is 22.8 Å². The molecule has 2 atom stereocenters. The third kappa shape index (κ3) is 4.83. The van der Waals surface area contributed by atoms with Crippen LogP contribution in [0.5, 0.6) is 5.75 Å². The predicted octanol–water partition coefficient (Wildman–Crippen LogP) is 5.35. The Morgan fingerprint density at radius 3 is 2.58 bits per heavy atom. The Labute approximate surface area is 208 Å². The fourth-order valence-electron chi connectivity index (χ4n) is 5.50. The van der Waals surface area contributed by atoms with E-state index in [1.54, 1.807) is 12.3 Å². The Bertz CT molecular complexity index is 1210. The number of hydrogen-bond acceptors (Lipinski definition) is 4. The fraction of sp³-hybridized carbons (Fsp3) is 0.519. The van der Waals surface area contributed by atoms with Crippen molar-refractivity contribution in [3.05, 3.63) is 58.9 Å². The summed E-state index contributed by atoms with van der Waals surface area (Å²) < 4.78 is 64.4. The lowest BCUT2D eigenvalue weighted by molar-refractivity contribution is 0.0179. The van der Waals surface area contributed by atoms with Gasteiger partial charge in [0.25, 0.3) is 0 Å². The number of alkyl halides is 2. The molecule has 5 nitrogen and oxygen atoms in total. The first-order valence-corrected chi connectivity index (χ1v) is 12.5. The molecule has 36 heavy (non-hydrogen) atoms. The van der Waals surface area contributed by atoms with E-state index in [9.17, 15) is 8.78 Å². The molecule has 9 heteroatoms. The number of aromatic amines is 1. The molecule has 4 heterocycles. The van der Waals surface area contributed by atoms with Crippen molar-refractivity contribution in [3.8, 4) is 5.75 Å². The second-order valence-electron chi connectivity index (χ2n) is 10.6. The summed E-state index contributed by atoms with van der Waals surface area (Å²) in [6.07, 6.45) is 2.55. The van der Waals surface area contributed by atoms with E-state index in [2.05, 4.69) is 9.97 Å². The molecule has 3 aromatic rings. The van der Waals surface area contributed by atoms with Gasteiger partial charge in [-0.15, -0.1) is 0 Å². The van der Waals surface area contributed by atoms with Gasteiger partial charge in [0, 0.05) is 67.4 Å². The Balaban J connectivity index is 1.50. The van der Waals surface area contributed by atoms with Crippen LogP contribution >= 0.6 is 0 Å². The minimum Gasteiger partial charge on any atom is -0.488 e. The third-order valence-corrected chi connectivity index (χ3v) is 7.08. The highest BCUT2D eigenvalue weighted by atomic mass is 19.1. The third-order valence-electron chi connectivity index (χ3n) is 7.08. The van der Waals surface area contributed by atoms with Gasteiger partial charge < -0.3 is 9.72 Å². The summed E-state index contributed by atoms with van der Waals surface area (Å²) in [4.78, 5) is 11.7. The molecule has 2 aliphatic heterocycles. The van der Waals surface area contributed by atoms with Crippen LogP contribution in [0.15, 0.2) is 30.5 Å². The Morgan fingerprint density at radius 1 is 1.19 bits per heavy atom. The standard InChI is InChI=1S/C27H32F4N4O/c1-16-10-19-24-22(6-4-8-32-24)33-25(19)26(35(16)15-27(2,3)31)23-20(29)11-17(12-21(23)30)36-18-13-34(14-18)9-5-7-28/h4,6,8,11-12,16,18,26,33H,5,7,9-10,13-15H2,1-3H3/t16-,26-/m1/s1. The maximum atomic E-state index is 15.7. The molecule has 194 valence electrons. The van der Waals surface area contributed by atoms with Crippen molar-refractivity contribution < 1.29 is 22.3 Å². The highest BCUT2D eigenvalue weighted by molar-refractivity contribution is 5.81. The van der Waals surface area contributed by atoms with E-state index in [1.165, 1.54) is 26.0 Å². The van der Waals surface area contributed by atoms with Crippen LogP contribution in [0.3, 0.4) is 0 Å². The van der Waals surface area contributed by atoms with Gasteiger partial charge in [0.1, 0.15) is 29.2 Å². The number of nitrogens with one attached hydrogen (secondary N) is 1. The predicted molar refractivity (Wildman–Crippen MR) is 131 cm³/mol. The van der Waals surface area contributed by atoms with Gasteiger partial charge in [0.05, 0.1) is 23.7 Å². The number of benzene rings is 1. The summed E-state index contributed by atoms with van der Waals surface area (Å²) in [5, 5.41) is 0. The molecule has 2 aromatic heterocycles. The SMILES string of the molecule is C[C@@H]1Cc2c([nH]c3cccnc23)[C@@H](c2c(F)cc(OC3CN(CCCF)C3)cc2F)N1CC(C)(C)F. The Hall–Kier alpha value is -2.65. The lowest BCUT2D eigenvalue weighted by atomic mass is 9.88. The second kappa shape index (κ2) is 9.67. The molecule has 0 spiro atoms. The maximum Gasteiger partial charge on any atom is 0.135 e. The summed E-state index contributed by atoms with van der Waals surface area (Å²) in [5.74, 6) is -1.36. The molecule has 0 radical (unpaired) electrons. The van der Waals surface area contributed by atoms with Crippen LogP contribution in [-0.2, 0) is 6.42 Å². The first-order chi connectivity index (χ1) is 17.1.